The summed E-state index contributed by atoms with van der Waals surface area (Å²) in [6, 6.07) is 15.3. The standard InChI is InChI=1S/C17H19N3O2/c1-18-17(21)20(22)15-9-10-16-13(12-15)6-5-11-19(16)14-7-3-2-4-8-14/h2-4,7-10,12,22H,5-6,11H2,1H3,(H,18,21). The number of amides is 2. The van der Waals surface area contributed by atoms with E-state index in [0.717, 1.165) is 36.3 Å². The first-order chi connectivity index (χ1) is 10.7. The lowest BCUT2D eigenvalue weighted by Crippen LogP contribution is -2.35. The van der Waals surface area contributed by atoms with Crippen LogP contribution in [0.5, 0.6) is 0 Å². The van der Waals surface area contributed by atoms with E-state index >= 15 is 0 Å². The van der Waals surface area contributed by atoms with Gasteiger partial charge in [0.1, 0.15) is 0 Å². The number of carbonyl (C=O) groups is 1. The summed E-state index contributed by atoms with van der Waals surface area (Å²) >= 11 is 0. The van der Waals surface area contributed by atoms with Gasteiger partial charge in [-0.2, -0.15) is 5.06 Å². The SMILES string of the molecule is CNC(=O)N(O)c1ccc2c(c1)CCCN2c1ccccc1. The average molecular weight is 297 g/mol. The molecule has 0 bridgehead atoms. The molecule has 2 amide bonds. The number of hydroxylamine groups is 1. The summed E-state index contributed by atoms with van der Waals surface area (Å²) in [7, 11) is 1.49. The number of benzene rings is 2. The van der Waals surface area contributed by atoms with Crippen molar-refractivity contribution in [1.82, 2.24) is 5.32 Å². The van der Waals surface area contributed by atoms with E-state index in [1.807, 2.05) is 30.3 Å². The minimum Gasteiger partial charge on any atom is -0.341 e. The highest BCUT2D eigenvalue weighted by Crippen LogP contribution is 2.35. The maximum Gasteiger partial charge on any atom is 0.345 e. The fraction of sp³-hybridized carbons (Fsp3) is 0.235. The molecule has 0 spiro atoms. The number of para-hydroxylation sites is 1. The number of rotatable bonds is 2. The summed E-state index contributed by atoms with van der Waals surface area (Å²) in [5.74, 6) is 0. The molecule has 22 heavy (non-hydrogen) atoms. The van der Waals surface area contributed by atoms with Crippen molar-refractivity contribution in [3.63, 3.8) is 0 Å². The molecule has 2 aromatic rings. The number of urea groups is 1. The van der Waals surface area contributed by atoms with E-state index in [-0.39, 0.29) is 0 Å². The summed E-state index contributed by atoms with van der Waals surface area (Å²) in [6.07, 6.45) is 1.98. The van der Waals surface area contributed by atoms with Crippen molar-refractivity contribution in [3.8, 4) is 0 Å². The Hall–Kier alpha value is -2.53. The van der Waals surface area contributed by atoms with Gasteiger partial charge < -0.3 is 10.2 Å². The molecule has 0 atom stereocenters. The van der Waals surface area contributed by atoms with Gasteiger partial charge in [0.05, 0.1) is 5.69 Å². The summed E-state index contributed by atoms with van der Waals surface area (Å²) in [6.45, 7) is 0.967. The molecule has 5 nitrogen and oxygen atoms in total. The Morgan fingerprint density at radius 1 is 1.23 bits per heavy atom. The van der Waals surface area contributed by atoms with Gasteiger partial charge in [-0.05, 0) is 48.7 Å². The zero-order chi connectivity index (χ0) is 15.5. The van der Waals surface area contributed by atoms with Gasteiger partial charge in [-0.15, -0.1) is 0 Å². The highest BCUT2D eigenvalue weighted by molar-refractivity contribution is 5.90. The van der Waals surface area contributed by atoms with Crippen LogP contribution in [0.2, 0.25) is 0 Å². The van der Waals surface area contributed by atoms with Gasteiger partial charge in [0.2, 0.25) is 0 Å². The fourth-order valence-electron chi connectivity index (χ4n) is 2.81. The number of carbonyl (C=O) groups excluding carboxylic acids is 1. The molecule has 2 aromatic carbocycles. The van der Waals surface area contributed by atoms with Crippen LogP contribution in [0.25, 0.3) is 0 Å². The van der Waals surface area contributed by atoms with Gasteiger partial charge in [0.25, 0.3) is 0 Å². The quantitative estimate of drug-likeness (QED) is 0.660. The van der Waals surface area contributed by atoms with E-state index in [0.29, 0.717) is 10.8 Å². The van der Waals surface area contributed by atoms with Crippen LogP contribution in [0, 0.1) is 0 Å². The molecular formula is C17H19N3O2. The third-order valence-electron chi connectivity index (χ3n) is 3.90. The van der Waals surface area contributed by atoms with E-state index in [4.69, 9.17) is 0 Å². The largest absolute Gasteiger partial charge is 0.345 e. The van der Waals surface area contributed by atoms with E-state index in [9.17, 15) is 10.0 Å². The maximum atomic E-state index is 11.5. The molecule has 0 aromatic heterocycles. The number of anilines is 3. The molecule has 1 aliphatic heterocycles. The molecule has 0 unspecified atom stereocenters. The Balaban J connectivity index is 1.95. The molecule has 2 N–H and O–H groups in total. The number of nitrogens with zero attached hydrogens (tertiary/aromatic N) is 2. The Bertz CT molecular complexity index is 673. The molecule has 0 fully saturated rings. The maximum absolute atomic E-state index is 11.5. The highest BCUT2D eigenvalue weighted by Gasteiger charge is 2.20. The van der Waals surface area contributed by atoms with Crippen molar-refractivity contribution in [2.45, 2.75) is 12.8 Å². The van der Waals surface area contributed by atoms with Crippen molar-refractivity contribution < 1.29 is 10.0 Å². The third-order valence-corrected chi connectivity index (χ3v) is 3.90. The highest BCUT2D eigenvalue weighted by atomic mass is 16.5. The average Bonchev–Trinajstić information content (AvgIpc) is 2.60. The van der Waals surface area contributed by atoms with Gasteiger partial charge in [-0.25, -0.2) is 4.79 Å². The van der Waals surface area contributed by atoms with Gasteiger partial charge in [0, 0.05) is 25.0 Å². The Labute approximate surface area is 129 Å². The van der Waals surface area contributed by atoms with Crippen molar-refractivity contribution in [1.29, 1.82) is 0 Å². The molecular weight excluding hydrogens is 278 g/mol. The molecule has 1 heterocycles. The summed E-state index contributed by atoms with van der Waals surface area (Å²) < 4.78 is 0. The summed E-state index contributed by atoms with van der Waals surface area (Å²) in [5.41, 5.74) is 3.90. The molecule has 114 valence electrons. The van der Waals surface area contributed by atoms with Crippen LogP contribution in [-0.4, -0.2) is 24.8 Å². The van der Waals surface area contributed by atoms with E-state index in [2.05, 4.69) is 22.3 Å². The molecule has 0 aliphatic carbocycles. The zero-order valence-corrected chi connectivity index (χ0v) is 12.5. The monoisotopic (exact) mass is 297 g/mol. The predicted octanol–water partition coefficient (Wildman–Crippen LogP) is 3.31. The fourth-order valence-corrected chi connectivity index (χ4v) is 2.81. The van der Waals surface area contributed by atoms with Crippen LogP contribution in [-0.2, 0) is 6.42 Å². The third kappa shape index (κ3) is 2.63. The number of hydrogen-bond donors (Lipinski definition) is 2. The first kappa shape index (κ1) is 14.4. The van der Waals surface area contributed by atoms with Gasteiger partial charge in [0.15, 0.2) is 0 Å². The van der Waals surface area contributed by atoms with Crippen LogP contribution in [0.15, 0.2) is 48.5 Å². The van der Waals surface area contributed by atoms with Gasteiger partial charge >= 0.3 is 6.03 Å². The summed E-state index contributed by atoms with van der Waals surface area (Å²) in [5, 5.41) is 12.9. The normalized spacial score (nSPS) is 13.5. The van der Waals surface area contributed by atoms with Crippen LogP contribution in [0.1, 0.15) is 12.0 Å². The molecule has 0 saturated carbocycles. The van der Waals surface area contributed by atoms with Crippen molar-refractivity contribution >= 4 is 23.1 Å². The van der Waals surface area contributed by atoms with E-state index < -0.39 is 6.03 Å². The first-order valence-corrected chi connectivity index (χ1v) is 7.37. The zero-order valence-electron chi connectivity index (χ0n) is 12.5. The van der Waals surface area contributed by atoms with Crippen molar-refractivity contribution in [2.24, 2.45) is 0 Å². The molecule has 0 radical (unpaired) electrons. The molecule has 5 heteroatoms. The number of aryl methyl sites for hydroxylation is 1. The smallest absolute Gasteiger partial charge is 0.341 e. The minimum absolute atomic E-state index is 0.480. The number of nitrogens with one attached hydrogen (secondary N) is 1. The van der Waals surface area contributed by atoms with Crippen LogP contribution >= 0.6 is 0 Å². The Kier molecular flexibility index (Phi) is 3.98. The van der Waals surface area contributed by atoms with Gasteiger partial charge in [-0.3, -0.25) is 5.21 Å². The Morgan fingerprint density at radius 2 is 2.00 bits per heavy atom. The lowest BCUT2D eigenvalue weighted by Gasteiger charge is -2.32. The minimum atomic E-state index is -0.546. The topological polar surface area (TPSA) is 55.8 Å². The second kappa shape index (κ2) is 6.07. The molecule has 1 aliphatic rings. The lowest BCUT2D eigenvalue weighted by atomic mass is 10.00. The predicted molar refractivity (Wildman–Crippen MR) is 86.9 cm³/mol. The van der Waals surface area contributed by atoms with Crippen LogP contribution in [0.3, 0.4) is 0 Å². The van der Waals surface area contributed by atoms with Gasteiger partial charge in [-0.1, -0.05) is 18.2 Å². The molecule has 3 rings (SSSR count). The van der Waals surface area contributed by atoms with Crippen LogP contribution < -0.4 is 15.3 Å². The lowest BCUT2D eigenvalue weighted by molar-refractivity contribution is 0.206. The van der Waals surface area contributed by atoms with E-state index in [1.54, 1.807) is 6.07 Å². The second-order valence-electron chi connectivity index (χ2n) is 5.27. The first-order valence-electron chi connectivity index (χ1n) is 7.37. The summed E-state index contributed by atoms with van der Waals surface area (Å²) in [4.78, 5) is 13.8. The van der Waals surface area contributed by atoms with Crippen molar-refractivity contribution in [2.75, 3.05) is 23.6 Å². The van der Waals surface area contributed by atoms with Crippen molar-refractivity contribution in [3.05, 3.63) is 54.1 Å². The Morgan fingerprint density at radius 3 is 2.73 bits per heavy atom. The number of fused-ring (bicyclic) bond motifs is 1. The molecule has 0 saturated heterocycles. The van der Waals surface area contributed by atoms with Crippen LogP contribution in [0.4, 0.5) is 21.9 Å². The number of hydrogen-bond acceptors (Lipinski definition) is 3. The second-order valence-corrected chi connectivity index (χ2v) is 5.27. The van der Waals surface area contributed by atoms with E-state index in [1.165, 1.54) is 7.05 Å².